The van der Waals surface area contributed by atoms with Gasteiger partial charge in [-0.05, 0) is 35.8 Å². The quantitative estimate of drug-likeness (QED) is 0.709. The molecule has 2 nitrogen and oxygen atoms in total. The monoisotopic (exact) mass is 207 g/mol. The van der Waals surface area contributed by atoms with Gasteiger partial charge in [0.15, 0.2) is 6.29 Å². The number of benzene rings is 1. The number of nitrogens with zero attached hydrogens (tertiary/aromatic N) is 1. The summed E-state index contributed by atoms with van der Waals surface area (Å²) in [6, 6.07) is 5.84. The van der Waals surface area contributed by atoms with Crippen LogP contribution in [-0.2, 0) is 0 Å². The van der Waals surface area contributed by atoms with Crippen LogP contribution >= 0.6 is 11.5 Å². The average molecular weight is 207 g/mol. The largest absolute Gasteiger partial charge is 0.298 e. The lowest BCUT2D eigenvalue weighted by atomic mass is 10.1. The summed E-state index contributed by atoms with van der Waals surface area (Å²) in [6.45, 7) is 0. The predicted octanol–water partition coefficient (Wildman–Crippen LogP) is 2.76. The number of hydrogen-bond acceptors (Lipinski definition) is 3. The molecule has 0 saturated heterocycles. The van der Waals surface area contributed by atoms with E-state index in [1.165, 1.54) is 29.7 Å². The van der Waals surface area contributed by atoms with Crippen molar-refractivity contribution < 1.29 is 9.18 Å². The van der Waals surface area contributed by atoms with Gasteiger partial charge >= 0.3 is 0 Å². The minimum absolute atomic E-state index is 0.348. The molecule has 0 aliphatic carbocycles. The second-order valence-corrected chi connectivity index (χ2v) is 3.56. The van der Waals surface area contributed by atoms with E-state index in [9.17, 15) is 9.18 Å². The Kier molecular flexibility index (Phi) is 2.37. The zero-order valence-corrected chi connectivity index (χ0v) is 7.92. The molecule has 4 heteroatoms. The van der Waals surface area contributed by atoms with Crippen LogP contribution in [0.5, 0.6) is 0 Å². The number of rotatable bonds is 2. The third-order valence-electron chi connectivity index (χ3n) is 1.85. The van der Waals surface area contributed by atoms with Gasteiger partial charge in [-0.3, -0.25) is 4.79 Å². The lowest BCUT2D eigenvalue weighted by Crippen LogP contribution is -1.86. The topological polar surface area (TPSA) is 30.0 Å². The van der Waals surface area contributed by atoms with E-state index >= 15 is 0 Å². The molecule has 0 unspecified atom stereocenters. The van der Waals surface area contributed by atoms with Crippen LogP contribution in [0.15, 0.2) is 30.5 Å². The SMILES string of the molecule is O=Cc1ccc(F)cc1-c1ccns1. The number of carbonyl (C=O) groups excluding carboxylic acids is 1. The first-order chi connectivity index (χ1) is 6.81. The van der Waals surface area contributed by atoms with Gasteiger partial charge < -0.3 is 0 Å². The summed E-state index contributed by atoms with van der Waals surface area (Å²) in [5.74, 6) is -0.348. The minimum Gasteiger partial charge on any atom is -0.298 e. The Hall–Kier alpha value is -1.55. The fraction of sp³-hybridized carbons (Fsp3) is 0. The van der Waals surface area contributed by atoms with Crippen molar-refractivity contribution in [3.63, 3.8) is 0 Å². The van der Waals surface area contributed by atoms with Crippen LogP contribution in [0.2, 0.25) is 0 Å². The number of halogens is 1. The van der Waals surface area contributed by atoms with Crippen LogP contribution in [0, 0.1) is 5.82 Å². The zero-order chi connectivity index (χ0) is 9.97. The van der Waals surface area contributed by atoms with E-state index in [0.717, 1.165) is 4.88 Å². The Bertz CT molecular complexity index is 453. The lowest BCUT2D eigenvalue weighted by molar-refractivity contribution is 0.112. The lowest BCUT2D eigenvalue weighted by Gasteiger charge is -2.00. The van der Waals surface area contributed by atoms with E-state index in [1.54, 1.807) is 12.3 Å². The molecule has 0 aliphatic heterocycles. The summed E-state index contributed by atoms with van der Waals surface area (Å²) in [6.07, 6.45) is 2.34. The van der Waals surface area contributed by atoms with E-state index < -0.39 is 0 Å². The van der Waals surface area contributed by atoms with E-state index in [0.29, 0.717) is 17.4 Å². The highest BCUT2D eigenvalue weighted by atomic mass is 32.1. The van der Waals surface area contributed by atoms with E-state index in [1.807, 2.05) is 0 Å². The highest BCUT2D eigenvalue weighted by molar-refractivity contribution is 7.09. The highest BCUT2D eigenvalue weighted by Gasteiger charge is 2.07. The van der Waals surface area contributed by atoms with Crippen molar-refractivity contribution in [2.45, 2.75) is 0 Å². The van der Waals surface area contributed by atoms with Crippen molar-refractivity contribution in [2.75, 3.05) is 0 Å². The number of carbonyl (C=O) groups is 1. The summed E-state index contributed by atoms with van der Waals surface area (Å²) in [5, 5.41) is 0. The molecule has 0 bridgehead atoms. The first-order valence-electron chi connectivity index (χ1n) is 3.97. The van der Waals surface area contributed by atoms with Gasteiger partial charge in [0.25, 0.3) is 0 Å². The second kappa shape index (κ2) is 3.67. The van der Waals surface area contributed by atoms with Gasteiger partial charge in [0.05, 0.1) is 4.88 Å². The van der Waals surface area contributed by atoms with Crippen LogP contribution in [0.4, 0.5) is 4.39 Å². The van der Waals surface area contributed by atoms with Gasteiger partial charge in [0, 0.05) is 17.3 Å². The standard InChI is InChI=1S/C10H6FNOS/c11-8-2-1-7(6-13)9(5-8)10-3-4-12-14-10/h1-6H. The molecule has 0 fully saturated rings. The molecule has 0 aliphatic rings. The van der Waals surface area contributed by atoms with Gasteiger partial charge in [-0.1, -0.05) is 0 Å². The average Bonchev–Trinajstić information content (AvgIpc) is 2.70. The molecule has 1 aromatic carbocycles. The molecular weight excluding hydrogens is 201 g/mol. The normalized spacial score (nSPS) is 10.1. The number of aldehydes is 1. The molecule has 1 aromatic heterocycles. The summed E-state index contributed by atoms with van der Waals surface area (Å²) in [7, 11) is 0. The Morgan fingerprint density at radius 1 is 1.36 bits per heavy atom. The molecule has 14 heavy (non-hydrogen) atoms. The fourth-order valence-corrected chi connectivity index (χ4v) is 1.83. The van der Waals surface area contributed by atoms with Gasteiger partial charge in [-0.15, -0.1) is 0 Å². The maximum atomic E-state index is 12.9. The molecule has 2 rings (SSSR count). The number of hydrogen-bond donors (Lipinski definition) is 0. The molecule has 0 N–H and O–H groups in total. The third kappa shape index (κ3) is 1.56. The van der Waals surface area contributed by atoms with Crippen molar-refractivity contribution in [1.29, 1.82) is 0 Å². The molecule has 70 valence electrons. The molecule has 0 saturated carbocycles. The Balaban J connectivity index is 2.61. The predicted molar refractivity (Wildman–Crippen MR) is 52.9 cm³/mol. The second-order valence-electron chi connectivity index (χ2n) is 2.73. The van der Waals surface area contributed by atoms with Crippen LogP contribution in [0.3, 0.4) is 0 Å². The van der Waals surface area contributed by atoms with Crippen LogP contribution < -0.4 is 0 Å². The summed E-state index contributed by atoms with van der Waals surface area (Å²) in [5.41, 5.74) is 1.08. The zero-order valence-electron chi connectivity index (χ0n) is 7.11. The molecule has 1 heterocycles. The minimum atomic E-state index is -0.348. The summed E-state index contributed by atoms with van der Waals surface area (Å²) >= 11 is 1.24. The maximum absolute atomic E-state index is 12.9. The molecule has 0 spiro atoms. The van der Waals surface area contributed by atoms with Crippen LogP contribution in [-0.4, -0.2) is 10.7 Å². The van der Waals surface area contributed by atoms with E-state index in [4.69, 9.17) is 0 Å². The van der Waals surface area contributed by atoms with Gasteiger partial charge in [0.2, 0.25) is 0 Å². The maximum Gasteiger partial charge on any atom is 0.150 e. The Morgan fingerprint density at radius 3 is 2.86 bits per heavy atom. The van der Waals surface area contributed by atoms with Crippen molar-refractivity contribution in [2.24, 2.45) is 0 Å². The number of aromatic nitrogens is 1. The molecule has 0 amide bonds. The van der Waals surface area contributed by atoms with Gasteiger partial charge in [-0.2, -0.15) is 0 Å². The van der Waals surface area contributed by atoms with Crippen molar-refractivity contribution in [1.82, 2.24) is 4.37 Å². The molecule has 0 radical (unpaired) electrons. The molecule has 0 atom stereocenters. The van der Waals surface area contributed by atoms with Crippen LogP contribution in [0.25, 0.3) is 10.4 Å². The molecular formula is C10H6FNOS. The smallest absolute Gasteiger partial charge is 0.150 e. The Morgan fingerprint density at radius 2 is 2.21 bits per heavy atom. The van der Waals surface area contributed by atoms with Crippen molar-refractivity contribution in [3.05, 3.63) is 41.8 Å². The molecule has 2 aromatic rings. The fourth-order valence-electron chi connectivity index (χ4n) is 1.20. The highest BCUT2D eigenvalue weighted by Crippen LogP contribution is 2.26. The van der Waals surface area contributed by atoms with Crippen molar-refractivity contribution in [3.8, 4) is 10.4 Å². The van der Waals surface area contributed by atoms with Gasteiger partial charge in [-0.25, -0.2) is 8.76 Å². The first kappa shape index (κ1) is 9.02. The van der Waals surface area contributed by atoms with Crippen molar-refractivity contribution >= 4 is 17.8 Å². The van der Waals surface area contributed by atoms with E-state index in [-0.39, 0.29) is 5.82 Å². The summed E-state index contributed by atoms with van der Waals surface area (Å²) in [4.78, 5) is 11.5. The third-order valence-corrected chi connectivity index (χ3v) is 2.63. The first-order valence-corrected chi connectivity index (χ1v) is 4.74. The van der Waals surface area contributed by atoms with Crippen LogP contribution in [0.1, 0.15) is 10.4 Å². The van der Waals surface area contributed by atoms with E-state index in [2.05, 4.69) is 4.37 Å². The van der Waals surface area contributed by atoms with Gasteiger partial charge in [0.1, 0.15) is 5.82 Å². The Labute approximate surface area is 84.2 Å². The summed E-state index contributed by atoms with van der Waals surface area (Å²) < 4.78 is 16.9.